The Bertz CT molecular complexity index is 820. The van der Waals surface area contributed by atoms with Crippen LogP contribution in [0.3, 0.4) is 0 Å². The molecule has 2 heterocycles. The standard InChI is InChI=1S/C17H17BN2O4/c21-17(9-12-5-7-19-8-6-12)20-16(18(22)23)10-13-11-24-15-4-2-1-3-14(13)15/h1-8,11,16,22-23H,9-10H2,(H,20,21). The number of rotatable bonds is 6. The van der Waals surface area contributed by atoms with E-state index in [0.29, 0.717) is 0 Å². The zero-order valence-corrected chi connectivity index (χ0v) is 12.9. The molecule has 1 unspecified atom stereocenters. The van der Waals surface area contributed by atoms with Crippen LogP contribution in [0.1, 0.15) is 11.1 Å². The van der Waals surface area contributed by atoms with E-state index in [2.05, 4.69) is 10.3 Å². The van der Waals surface area contributed by atoms with Crippen LogP contribution in [0, 0.1) is 0 Å². The highest BCUT2D eigenvalue weighted by Gasteiger charge is 2.26. The van der Waals surface area contributed by atoms with Crippen LogP contribution < -0.4 is 5.32 Å². The van der Waals surface area contributed by atoms with Crippen LogP contribution >= 0.6 is 0 Å². The second kappa shape index (κ2) is 7.29. The van der Waals surface area contributed by atoms with Gasteiger partial charge in [-0.15, -0.1) is 0 Å². The molecule has 0 bridgehead atoms. The molecular formula is C17H17BN2O4. The Kier molecular flexibility index (Phi) is 4.93. The van der Waals surface area contributed by atoms with Crippen LogP contribution in [-0.4, -0.2) is 34.0 Å². The van der Waals surface area contributed by atoms with Gasteiger partial charge in [-0.2, -0.15) is 0 Å². The fourth-order valence-electron chi connectivity index (χ4n) is 2.60. The van der Waals surface area contributed by atoms with Crippen LogP contribution in [0.4, 0.5) is 0 Å². The predicted molar refractivity (Wildman–Crippen MR) is 90.0 cm³/mol. The lowest BCUT2D eigenvalue weighted by atomic mass is 9.76. The molecule has 0 saturated carbocycles. The molecule has 3 N–H and O–H groups in total. The molecule has 0 saturated heterocycles. The first-order valence-corrected chi connectivity index (χ1v) is 7.63. The summed E-state index contributed by atoms with van der Waals surface area (Å²) in [4.78, 5) is 16.0. The van der Waals surface area contributed by atoms with Gasteiger partial charge in [0.2, 0.25) is 5.91 Å². The second-order valence-corrected chi connectivity index (χ2v) is 5.58. The first-order valence-electron chi connectivity index (χ1n) is 7.63. The number of pyridine rings is 1. The number of amides is 1. The summed E-state index contributed by atoms with van der Waals surface area (Å²) in [6.07, 6.45) is 5.21. The quantitative estimate of drug-likeness (QED) is 0.590. The summed E-state index contributed by atoms with van der Waals surface area (Å²) in [6, 6.07) is 11.0. The molecule has 24 heavy (non-hydrogen) atoms. The number of nitrogens with one attached hydrogen (secondary N) is 1. The van der Waals surface area contributed by atoms with E-state index in [4.69, 9.17) is 4.42 Å². The van der Waals surface area contributed by atoms with E-state index in [1.165, 1.54) is 0 Å². The van der Waals surface area contributed by atoms with Gasteiger partial charge in [-0.3, -0.25) is 9.78 Å². The van der Waals surface area contributed by atoms with Crippen molar-refractivity contribution < 1.29 is 19.3 Å². The van der Waals surface area contributed by atoms with Crippen molar-refractivity contribution in [2.75, 3.05) is 0 Å². The molecule has 1 atom stereocenters. The number of furan rings is 1. The molecule has 0 aliphatic carbocycles. The molecule has 7 heteroatoms. The highest BCUT2D eigenvalue weighted by Crippen LogP contribution is 2.22. The Morgan fingerprint density at radius 2 is 1.96 bits per heavy atom. The van der Waals surface area contributed by atoms with Crippen molar-refractivity contribution in [3.8, 4) is 0 Å². The maximum atomic E-state index is 12.1. The summed E-state index contributed by atoms with van der Waals surface area (Å²) < 4.78 is 5.45. The molecule has 1 aromatic carbocycles. The lowest BCUT2D eigenvalue weighted by Crippen LogP contribution is -2.48. The fraction of sp³-hybridized carbons (Fsp3) is 0.176. The van der Waals surface area contributed by atoms with E-state index in [9.17, 15) is 14.8 Å². The number of fused-ring (bicyclic) bond motifs is 1. The van der Waals surface area contributed by atoms with Crippen LogP contribution in [0.5, 0.6) is 0 Å². The maximum absolute atomic E-state index is 12.1. The number of benzene rings is 1. The average molecular weight is 324 g/mol. The molecule has 0 aliphatic heterocycles. The summed E-state index contributed by atoms with van der Waals surface area (Å²) >= 11 is 0. The molecule has 122 valence electrons. The summed E-state index contributed by atoms with van der Waals surface area (Å²) in [5, 5.41) is 22.8. The van der Waals surface area contributed by atoms with E-state index in [1.54, 1.807) is 30.8 Å². The lowest BCUT2D eigenvalue weighted by molar-refractivity contribution is -0.120. The van der Waals surface area contributed by atoms with Gasteiger partial charge >= 0.3 is 7.12 Å². The zero-order chi connectivity index (χ0) is 16.9. The third-order valence-corrected chi connectivity index (χ3v) is 3.82. The number of hydrogen-bond donors (Lipinski definition) is 3. The number of nitrogens with zero attached hydrogens (tertiary/aromatic N) is 1. The van der Waals surface area contributed by atoms with Crippen molar-refractivity contribution >= 4 is 24.0 Å². The third kappa shape index (κ3) is 3.82. The molecule has 0 spiro atoms. The largest absolute Gasteiger partial charge is 0.475 e. The third-order valence-electron chi connectivity index (χ3n) is 3.82. The van der Waals surface area contributed by atoms with E-state index < -0.39 is 13.1 Å². The first kappa shape index (κ1) is 16.2. The van der Waals surface area contributed by atoms with Gasteiger partial charge in [0.15, 0.2) is 0 Å². The molecule has 6 nitrogen and oxygen atoms in total. The fourth-order valence-corrected chi connectivity index (χ4v) is 2.60. The Balaban J connectivity index is 1.70. The summed E-state index contributed by atoms with van der Waals surface area (Å²) in [5.41, 5.74) is 2.34. The average Bonchev–Trinajstić information content (AvgIpc) is 2.98. The van der Waals surface area contributed by atoms with E-state index in [0.717, 1.165) is 22.1 Å². The van der Waals surface area contributed by atoms with Gasteiger partial charge in [-0.1, -0.05) is 18.2 Å². The van der Waals surface area contributed by atoms with Crippen molar-refractivity contribution in [3.63, 3.8) is 0 Å². The van der Waals surface area contributed by atoms with Crippen molar-refractivity contribution in [2.45, 2.75) is 18.8 Å². The van der Waals surface area contributed by atoms with Gasteiger partial charge in [0.1, 0.15) is 5.58 Å². The number of aromatic nitrogens is 1. The van der Waals surface area contributed by atoms with Gasteiger partial charge < -0.3 is 19.8 Å². The van der Waals surface area contributed by atoms with Crippen molar-refractivity contribution in [3.05, 3.63) is 66.2 Å². The molecule has 2 aromatic heterocycles. The summed E-state index contributed by atoms with van der Waals surface area (Å²) in [5.74, 6) is -1.10. The molecule has 0 radical (unpaired) electrons. The normalized spacial score (nSPS) is 12.1. The van der Waals surface area contributed by atoms with Gasteiger partial charge in [0, 0.05) is 17.8 Å². The summed E-state index contributed by atoms with van der Waals surface area (Å²) in [6.45, 7) is 0. The predicted octanol–water partition coefficient (Wildman–Crippen LogP) is 1.11. The second-order valence-electron chi connectivity index (χ2n) is 5.58. The highest BCUT2D eigenvalue weighted by atomic mass is 16.4. The number of para-hydroxylation sites is 1. The van der Waals surface area contributed by atoms with Crippen molar-refractivity contribution in [1.29, 1.82) is 0 Å². The number of carbonyl (C=O) groups is 1. The molecule has 3 rings (SSSR count). The van der Waals surface area contributed by atoms with Gasteiger partial charge in [0.05, 0.1) is 18.6 Å². The number of carbonyl (C=O) groups excluding carboxylic acids is 1. The zero-order valence-electron chi connectivity index (χ0n) is 12.9. The Labute approximate surface area is 139 Å². The minimum Gasteiger partial charge on any atom is -0.464 e. The maximum Gasteiger partial charge on any atom is 0.475 e. The van der Waals surface area contributed by atoms with E-state index in [-0.39, 0.29) is 18.7 Å². The number of hydrogen-bond acceptors (Lipinski definition) is 5. The molecule has 0 aliphatic rings. The summed E-state index contributed by atoms with van der Waals surface area (Å²) in [7, 11) is -1.67. The van der Waals surface area contributed by atoms with Crippen LogP contribution in [0.2, 0.25) is 0 Å². The van der Waals surface area contributed by atoms with Crippen LogP contribution in [0.15, 0.2) is 59.5 Å². The Morgan fingerprint density at radius 1 is 1.21 bits per heavy atom. The van der Waals surface area contributed by atoms with Gasteiger partial charge in [-0.05, 0) is 35.7 Å². The van der Waals surface area contributed by atoms with Crippen LogP contribution in [0.25, 0.3) is 11.0 Å². The first-order chi connectivity index (χ1) is 11.6. The molecule has 3 aromatic rings. The molecule has 0 fully saturated rings. The highest BCUT2D eigenvalue weighted by molar-refractivity contribution is 6.43. The van der Waals surface area contributed by atoms with E-state index in [1.807, 2.05) is 24.3 Å². The Hall–Kier alpha value is -2.64. The molecule has 1 amide bonds. The Morgan fingerprint density at radius 3 is 2.71 bits per heavy atom. The SMILES string of the molecule is O=C(Cc1ccncc1)NC(Cc1coc2ccccc12)B(O)O. The molecular weight excluding hydrogens is 307 g/mol. The van der Waals surface area contributed by atoms with Crippen LogP contribution in [-0.2, 0) is 17.6 Å². The lowest BCUT2D eigenvalue weighted by Gasteiger charge is -2.17. The monoisotopic (exact) mass is 324 g/mol. The van der Waals surface area contributed by atoms with Gasteiger partial charge in [-0.25, -0.2) is 0 Å². The topological polar surface area (TPSA) is 95.6 Å². The van der Waals surface area contributed by atoms with Gasteiger partial charge in [0.25, 0.3) is 0 Å². The minimum atomic E-state index is -1.67. The van der Waals surface area contributed by atoms with Crippen molar-refractivity contribution in [2.24, 2.45) is 0 Å². The minimum absolute atomic E-state index is 0.151. The van der Waals surface area contributed by atoms with Crippen molar-refractivity contribution in [1.82, 2.24) is 10.3 Å². The van der Waals surface area contributed by atoms with E-state index >= 15 is 0 Å². The smallest absolute Gasteiger partial charge is 0.464 e.